The van der Waals surface area contributed by atoms with E-state index in [-0.39, 0.29) is 5.91 Å². The predicted octanol–water partition coefficient (Wildman–Crippen LogP) is 3.12. The molecule has 0 aliphatic rings. The van der Waals surface area contributed by atoms with Crippen molar-refractivity contribution in [2.75, 3.05) is 11.9 Å². The first-order valence-electron chi connectivity index (χ1n) is 7.28. The fraction of sp³-hybridized carbons (Fsp3) is 0.375. The number of amides is 1. The van der Waals surface area contributed by atoms with Crippen LogP contribution in [0.4, 0.5) is 5.69 Å². The molecule has 112 valence electrons. The van der Waals surface area contributed by atoms with Crippen LogP contribution in [0, 0.1) is 0 Å². The van der Waals surface area contributed by atoms with Gasteiger partial charge < -0.3 is 10.1 Å². The predicted molar refractivity (Wildman–Crippen MR) is 82.8 cm³/mol. The molecular formula is C16H21N3O2. The SMILES string of the molecule is CCOc1nn(CC)cc1C(=O)Nc1ccc(CC)cc1. The number of carbonyl (C=O) groups is 1. The van der Waals surface area contributed by atoms with Gasteiger partial charge in [0.25, 0.3) is 5.91 Å². The van der Waals surface area contributed by atoms with Crippen molar-refractivity contribution in [2.24, 2.45) is 0 Å². The third kappa shape index (κ3) is 3.62. The first kappa shape index (κ1) is 15.1. The van der Waals surface area contributed by atoms with E-state index in [1.54, 1.807) is 10.9 Å². The first-order chi connectivity index (χ1) is 10.2. The molecule has 0 unspecified atom stereocenters. The molecule has 5 heteroatoms. The molecule has 1 N–H and O–H groups in total. The molecule has 0 spiro atoms. The van der Waals surface area contributed by atoms with Gasteiger partial charge in [0, 0.05) is 18.4 Å². The zero-order valence-electron chi connectivity index (χ0n) is 12.7. The van der Waals surface area contributed by atoms with Gasteiger partial charge in [-0.05, 0) is 38.0 Å². The second-order valence-corrected chi connectivity index (χ2v) is 4.64. The van der Waals surface area contributed by atoms with Crippen molar-refractivity contribution in [2.45, 2.75) is 33.7 Å². The molecule has 0 saturated heterocycles. The number of nitrogens with zero attached hydrogens (tertiary/aromatic N) is 2. The van der Waals surface area contributed by atoms with Gasteiger partial charge in [0.15, 0.2) is 0 Å². The number of hydrogen-bond donors (Lipinski definition) is 1. The van der Waals surface area contributed by atoms with E-state index in [0.717, 1.165) is 12.1 Å². The number of rotatable bonds is 6. The van der Waals surface area contributed by atoms with Gasteiger partial charge in [0.2, 0.25) is 5.88 Å². The highest BCUT2D eigenvalue weighted by atomic mass is 16.5. The molecule has 21 heavy (non-hydrogen) atoms. The van der Waals surface area contributed by atoms with Crippen LogP contribution in [0.5, 0.6) is 5.88 Å². The van der Waals surface area contributed by atoms with Gasteiger partial charge in [0.1, 0.15) is 5.56 Å². The standard InChI is InChI=1S/C16H21N3O2/c1-4-12-7-9-13(10-8-12)17-15(20)14-11-19(5-2)18-16(14)21-6-3/h7-11H,4-6H2,1-3H3,(H,17,20). The average Bonchev–Trinajstić information content (AvgIpc) is 2.92. The van der Waals surface area contributed by atoms with E-state index in [9.17, 15) is 4.79 Å². The molecule has 0 aliphatic carbocycles. The molecule has 0 radical (unpaired) electrons. The van der Waals surface area contributed by atoms with E-state index in [2.05, 4.69) is 17.3 Å². The number of anilines is 1. The summed E-state index contributed by atoms with van der Waals surface area (Å²) in [5, 5.41) is 7.12. The Hall–Kier alpha value is -2.30. The number of aromatic nitrogens is 2. The lowest BCUT2D eigenvalue weighted by Crippen LogP contribution is -2.12. The molecule has 2 rings (SSSR count). The van der Waals surface area contributed by atoms with Gasteiger partial charge in [-0.15, -0.1) is 5.10 Å². The minimum atomic E-state index is -0.206. The molecule has 1 aromatic carbocycles. The zero-order chi connectivity index (χ0) is 15.2. The third-order valence-electron chi connectivity index (χ3n) is 3.20. The van der Waals surface area contributed by atoms with Crippen LogP contribution in [0.15, 0.2) is 30.5 Å². The highest BCUT2D eigenvalue weighted by Gasteiger charge is 2.17. The van der Waals surface area contributed by atoms with E-state index < -0.39 is 0 Å². The summed E-state index contributed by atoms with van der Waals surface area (Å²) < 4.78 is 7.12. The summed E-state index contributed by atoms with van der Waals surface area (Å²) in [7, 11) is 0. The van der Waals surface area contributed by atoms with Crippen molar-refractivity contribution < 1.29 is 9.53 Å². The van der Waals surface area contributed by atoms with Crippen molar-refractivity contribution in [1.29, 1.82) is 0 Å². The lowest BCUT2D eigenvalue weighted by atomic mass is 10.1. The van der Waals surface area contributed by atoms with E-state index in [0.29, 0.717) is 24.6 Å². The van der Waals surface area contributed by atoms with Gasteiger partial charge in [-0.2, -0.15) is 0 Å². The first-order valence-corrected chi connectivity index (χ1v) is 7.28. The van der Waals surface area contributed by atoms with Crippen LogP contribution in [-0.2, 0) is 13.0 Å². The van der Waals surface area contributed by atoms with Crippen LogP contribution in [-0.4, -0.2) is 22.3 Å². The summed E-state index contributed by atoms with van der Waals surface area (Å²) in [5.41, 5.74) is 2.46. The van der Waals surface area contributed by atoms with Crippen LogP contribution in [0.2, 0.25) is 0 Å². The van der Waals surface area contributed by atoms with Gasteiger partial charge in [0.05, 0.1) is 6.61 Å². The van der Waals surface area contributed by atoms with Crippen LogP contribution in [0.3, 0.4) is 0 Å². The minimum Gasteiger partial charge on any atom is -0.476 e. The zero-order valence-corrected chi connectivity index (χ0v) is 12.7. The lowest BCUT2D eigenvalue weighted by Gasteiger charge is -2.06. The number of benzene rings is 1. The third-order valence-corrected chi connectivity index (χ3v) is 3.20. The Morgan fingerprint density at radius 2 is 1.95 bits per heavy atom. The molecule has 1 amide bonds. The fourth-order valence-electron chi connectivity index (χ4n) is 1.99. The molecule has 1 aromatic heterocycles. The Kier molecular flexibility index (Phi) is 4.98. The molecule has 0 aliphatic heterocycles. The number of hydrogen-bond acceptors (Lipinski definition) is 3. The normalized spacial score (nSPS) is 10.4. The van der Waals surface area contributed by atoms with E-state index in [4.69, 9.17) is 4.74 Å². The van der Waals surface area contributed by atoms with Crippen molar-refractivity contribution >= 4 is 11.6 Å². The van der Waals surface area contributed by atoms with Crippen LogP contribution >= 0.6 is 0 Å². The summed E-state index contributed by atoms with van der Waals surface area (Å²) >= 11 is 0. The van der Waals surface area contributed by atoms with Crippen LogP contribution < -0.4 is 10.1 Å². The van der Waals surface area contributed by atoms with E-state index >= 15 is 0 Å². The highest BCUT2D eigenvalue weighted by molar-refractivity contribution is 6.05. The van der Waals surface area contributed by atoms with E-state index in [1.807, 2.05) is 38.1 Å². The lowest BCUT2D eigenvalue weighted by molar-refractivity contribution is 0.102. The maximum absolute atomic E-state index is 12.3. The number of ether oxygens (including phenoxy) is 1. The fourth-order valence-corrected chi connectivity index (χ4v) is 1.99. The molecule has 0 atom stereocenters. The van der Waals surface area contributed by atoms with E-state index in [1.165, 1.54) is 5.56 Å². The molecule has 0 bridgehead atoms. The van der Waals surface area contributed by atoms with Gasteiger partial charge >= 0.3 is 0 Å². The molecule has 5 nitrogen and oxygen atoms in total. The Labute approximate surface area is 124 Å². The number of carbonyl (C=O) groups excluding carboxylic acids is 1. The quantitative estimate of drug-likeness (QED) is 0.888. The summed E-state index contributed by atoms with van der Waals surface area (Å²) in [6, 6.07) is 7.83. The highest BCUT2D eigenvalue weighted by Crippen LogP contribution is 2.18. The monoisotopic (exact) mass is 287 g/mol. The second kappa shape index (κ2) is 6.92. The maximum Gasteiger partial charge on any atom is 0.262 e. The van der Waals surface area contributed by atoms with Crippen molar-refractivity contribution in [1.82, 2.24) is 9.78 Å². The summed E-state index contributed by atoms with van der Waals surface area (Å²) in [4.78, 5) is 12.3. The minimum absolute atomic E-state index is 0.206. The van der Waals surface area contributed by atoms with Crippen LogP contribution in [0.25, 0.3) is 0 Å². The smallest absolute Gasteiger partial charge is 0.262 e. The molecule has 1 heterocycles. The molecular weight excluding hydrogens is 266 g/mol. The Morgan fingerprint density at radius 1 is 1.24 bits per heavy atom. The molecule has 0 saturated carbocycles. The number of nitrogens with one attached hydrogen (secondary N) is 1. The average molecular weight is 287 g/mol. The summed E-state index contributed by atoms with van der Waals surface area (Å²) in [5.74, 6) is 0.171. The van der Waals surface area contributed by atoms with Gasteiger partial charge in [-0.1, -0.05) is 19.1 Å². The number of aryl methyl sites for hydroxylation is 2. The Balaban J connectivity index is 2.16. The molecule has 0 fully saturated rings. The topological polar surface area (TPSA) is 56.2 Å². The van der Waals surface area contributed by atoms with Gasteiger partial charge in [-0.3, -0.25) is 9.48 Å². The summed E-state index contributed by atoms with van der Waals surface area (Å²) in [6.45, 7) is 7.11. The largest absolute Gasteiger partial charge is 0.476 e. The van der Waals surface area contributed by atoms with Crippen molar-refractivity contribution in [3.05, 3.63) is 41.6 Å². The van der Waals surface area contributed by atoms with Crippen LogP contribution in [0.1, 0.15) is 36.7 Å². The van der Waals surface area contributed by atoms with Gasteiger partial charge in [-0.25, -0.2) is 0 Å². The second-order valence-electron chi connectivity index (χ2n) is 4.64. The Morgan fingerprint density at radius 3 is 2.52 bits per heavy atom. The maximum atomic E-state index is 12.3. The summed E-state index contributed by atoms with van der Waals surface area (Å²) in [6.07, 6.45) is 2.69. The molecule has 2 aromatic rings. The van der Waals surface area contributed by atoms with Crippen molar-refractivity contribution in [3.8, 4) is 5.88 Å². The Bertz CT molecular complexity index is 602. The van der Waals surface area contributed by atoms with Crippen molar-refractivity contribution in [3.63, 3.8) is 0 Å².